The van der Waals surface area contributed by atoms with Crippen LogP contribution in [0.15, 0.2) is 34.0 Å². The summed E-state index contributed by atoms with van der Waals surface area (Å²) in [5.41, 5.74) is 2.62. The molecule has 0 bridgehead atoms. The molecule has 0 saturated carbocycles. The molecular formula is C7H6BrN3O2. The van der Waals surface area contributed by atoms with E-state index in [4.69, 9.17) is 0 Å². The van der Waals surface area contributed by atoms with Crippen LogP contribution in [-0.4, -0.2) is 6.41 Å². The van der Waals surface area contributed by atoms with Crippen LogP contribution in [0.25, 0.3) is 0 Å². The van der Waals surface area contributed by atoms with E-state index in [0.717, 1.165) is 9.59 Å². The van der Waals surface area contributed by atoms with Crippen molar-refractivity contribution in [3.05, 3.63) is 33.6 Å². The van der Waals surface area contributed by atoms with Gasteiger partial charge in [-0.3, -0.25) is 4.79 Å². The zero-order chi connectivity index (χ0) is 9.68. The number of hydrogen-bond acceptors (Lipinski definition) is 3. The van der Waals surface area contributed by atoms with Crippen molar-refractivity contribution in [3.63, 3.8) is 0 Å². The summed E-state index contributed by atoms with van der Waals surface area (Å²) in [6.45, 7) is 0. The lowest BCUT2D eigenvalue weighted by atomic mass is 10.3. The molecule has 0 aliphatic heterocycles. The van der Waals surface area contributed by atoms with Crippen LogP contribution in [0.4, 0.5) is 5.69 Å². The second kappa shape index (κ2) is 4.56. The first-order valence-corrected chi connectivity index (χ1v) is 4.16. The van der Waals surface area contributed by atoms with Crippen molar-refractivity contribution in [3.8, 4) is 0 Å². The fourth-order valence-electron chi connectivity index (χ4n) is 0.777. The summed E-state index contributed by atoms with van der Waals surface area (Å²) in [5.74, 6) is 0. The monoisotopic (exact) mass is 243 g/mol. The fraction of sp³-hybridized carbons (Fsp3) is 0. The summed E-state index contributed by atoms with van der Waals surface area (Å²) in [6, 6.07) is 6.75. The summed E-state index contributed by atoms with van der Waals surface area (Å²) in [6.07, 6.45) is 0.378. The van der Waals surface area contributed by atoms with Crippen LogP contribution in [0.2, 0.25) is 0 Å². The van der Waals surface area contributed by atoms with Gasteiger partial charge in [0.1, 0.15) is 0 Å². The molecular weight excluding hydrogens is 238 g/mol. The highest BCUT2D eigenvalue weighted by atomic mass is 79.9. The molecule has 0 heterocycles. The molecule has 13 heavy (non-hydrogen) atoms. The van der Waals surface area contributed by atoms with Crippen molar-refractivity contribution in [1.82, 2.24) is 5.43 Å². The van der Waals surface area contributed by atoms with Gasteiger partial charge in [0.15, 0.2) is 0 Å². The van der Waals surface area contributed by atoms with E-state index in [-0.39, 0.29) is 0 Å². The van der Waals surface area contributed by atoms with Crippen molar-refractivity contribution in [2.45, 2.75) is 0 Å². The van der Waals surface area contributed by atoms with Gasteiger partial charge in [-0.2, -0.15) is 0 Å². The molecule has 1 N–H and O–H groups in total. The molecule has 0 spiro atoms. The van der Waals surface area contributed by atoms with Gasteiger partial charge in [-0.15, -0.1) is 10.0 Å². The number of nitrogens with one attached hydrogen (secondary N) is 1. The minimum atomic E-state index is 0.378. The van der Waals surface area contributed by atoms with Crippen molar-refractivity contribution in [1.29, 1.82) is 0 Å². The Kier molecular flexibility index (Phi) is 3.39. The van der Waals surface area contributed by atoms with Crippen LogP contribution in [0.3, 0.4) is 0 Å². The summed E-state index contributed by atoms with van der Waals surface area (Å²) in [7, 11) is 0. The standard InChI is InChI=1S/C7H6BrN3O2/c8-6-1-3-7(4-2-6)11(10-13)9-5-12/h1-5H,(H,9,12). The molecule has 1 aromatic carbocycles. The average Bonchev–Trinajstić information content (AvgIpc) is 2.16. The number of anilines is 1. The molecule has 0 atom stereocenters. The molecule has 0 aliphatic rings. The van der Waals surface area contributed by atoms with Gasteiger partial charge in [-0.1, -0.05) is 15.9 Å². The van der Waals surface area contributed by atoms with Crippen molar-refractivity contribution >= 4 is 28.0 Å². The maximum atomic E-state index is 10.2. The van der Waals surface area contributed by atoms with Crippen LogP contribution < -0.4 is 10.5 Å². The van der Waals surface area contributed by atoms with Crippen molar-refractivity contribution in [2.75, 3.05) is 5.12 Å². The highest BCUT2D eigenvalue weighted by molar-refractivity contribution is 9.10. The van der Waals surface area contributed by atoms with Gasteiger partial charge in [0.05, 0.1) is 11.0 Å². The number of nitrogens with zero attached hydrogens (tertiary/aromatic N) is 2. The Labute approximate surface area is 82.8 Å². The van der Waals surface area contributed by atoms with Gasteiger partial charge >= 0.3 is 0 Å². The molecule has 0 unspecified atom stereocenters. The minimum absolute atomic E-state index is 0.378. The normalized spacial score (nSPS) is 9.00. The average molecular weight is 244 g/mol. The zero-order valence-electron chi connectivity index (χ0n) is 6.48. The topological polar surface area (TPSA) is 61.8 Å². The number of hydrazine groups is 1. The highest BCUT2D eigenvalue weighted by Crippen LogP contribution is 2.16. The molecule has 1 amide bonds. The lowest BCUT2D eigenvalue weighted by Gasteiger charge is -2.11. The third-order valence-electron chi connectivity index (χ3n) is 1.33. The third kappa shape index (κ3) is 2.51. The Bertz CT molecular complexity index is 301. The summed E-state index contributed by atoms with van der Waals surface area (Å²) in [5, 5.41) is 3.44. The van der Waals surface area contributed by atoms with Crippen LogP contribution >= 0.6 is 15.9 Å². The van der Waals surface area contributed by atoms with Crippen LogP contribution in [0.5, 0.6) is 0 Å². The number of carbonyl (C=O) groups excluding carboxylic acids is 1. The van der Waals surface area contributed by atoms with E-state index >= 15 is 0 Å². The summed E-state index contributed by atoms with van der Waals surface area (Å²) in [4.78, 5) is 20.3. The van der Waals surface area contributed by atoms with E-state index in [1.54, 1.807) is 24.3 Å². The predicted octanol–water partition coefficient (Wildman–Crippen LogP) is 1.60. The number of rotatable bonds is 4. The van der Waals surface area contributed by atoms with Crippen LogP contribution in [-0.2, 0) is 4.79 Å². The van der Waals surface area contributed by atoms with Gasteiger partial charge in [0.25, 0.3) is 0 Å². The van der Waals surface area contributed by atoms with E-state index < -0.39 is 0 Å². The Hall–Kier alpha value is -1.43. The molecule has 1 aromatic rings. The maximum absolute atomic E-state index is 10.2. The zero-order valence-corrected chi connectivity index (χ0v) is 8.06. The van der Waals surface area contributed by atoms with E-state index in [0.29, 0.717) is 12.1 Å². The number of benzene rings is 1. The minimum Gasteiger partial charge on any atom is -0.277 e. The number of nitroso groups, excluding NO2 is 1. The van der Waals surface area contributed by atoms with Gasteiger partial charge in [-0.25, -0.2) is 5.43 Å². The van der Waals surface area contributed by atoms with E-state index in [1.165, 1.54) is 0 Å². The molecule has 68 valence electrons. The lowest BCUT2D eigenvalue weighted by Crippen LogP contribution is -2.31. The van der Waals surface area contributed by atoms with Gasteiger partial charge in [-0.05, 0) is 24.3 Å². The first-order valence-electron chi connectivity index (χ1n) is 3.36. The smallest absolute Gasteiger partial charge is 0.227 e. The SMILES string of the molecule is O=CNN(N=O)c1ccc(Br)cc1. The quantitative estimate of drug-likeness (QED) is 0.497. The first kappa shape index (κ1) is 9.66. The fourth-order valence-corrected chi connectivity index (χ4v) is 1.04. The number of hydrogen-bond donors (Lipinski definition) is 1. The number of halogens is 1. The second-order valence-electron chi connectivity index (χ2n) is 2.12. The Balaban J connectivity index is 2.84. The molecule has 0 saturated heterocycles. The van der Waals surface area contributed by atoms with Crippen molar-refractivity contribution < 1.29 is 4.79 Å². The summed E-state index contributed by atoms with van der Waals surface area (Å²) < 4.78 is 0.883. The Morgan fingerprint density at radius 3 is 2.46 bits per heavy atom. The number of carbonyl (C=O) groups is 1. The van der Waals surface area contributed by atoms with Crippen LogP contribution in [0, 0.1) is 4.91 Å². The molecule has 0 aliphatic carbocycles. The first-order chi connectivity index (χ1) is 6.27. The highest BCUT2D eigenvalue weighted by Gasteiger charge is 2.03. The molecule has 0 aromatic heterocycles. The lowest BCUT2D eigenvalue weighted by molar-refractivity contribution is -0.109. The van der Waals surface area contributed by atoms with E-state index in [2.05, 4.69) is 26.6 Å². The van der Waals surface area contributed by atoms with Gasteiger partial charge in [0, 0.05) is 4.47 Å². The molecule has 5 nitrogen and oxygen atoms in total. The molecule has 6 heteroatoms. The largest absolute Gasteiger partial charge is 0.277 e. The maximum Gasteiger partial charge on any atom is 0.227 e. The van der Waals surface area contributed by atoms with Gasteiger partial charge in [0.2, 0.25) is 6.41 Å². The van der Waals surface area contributed by atoms with Gasteiger partial charge < -0.3 is 0 Å². The third-order valence-corrected chi connectivity index (χ3v) is 1.86. The van der Waals surface area contributed by atoms with E-state index in [9.17, 15) is 9.70 Å². The number of amides is 1. The predicted molar refractivity (Wildman–Crippen MR) is 51.6 cm³/mol. The Morgan fingerprint density at radius 1 is 1.38 bits per heavy atom. The van der Waals surface area contributed by atoms with E-state index in [1.807, 2.05) is 0 Å². The summed E-state index contributed by atoms with van der Waals surface area (Å²) >= 11 is 3.24. The van der Waals surface area contributed by atoms with Crippen molar-refractivity contribution in [2.24, 2.45) is 5.29 Å². The molecule has 0 fully saturated rings. The second-order valence-corrected chi connectivity index (χ2v) is 3.03. The van der Waals surface area contributed by atoms with Crippen LogP contribution in [0.1, 0.15) is 0 Å². The molecule has 0 radical (unpaired) electrons. The Morgan fingerprint density at radius 2 is 2.00 bits per heavy atom. The molecule has 1 rings (SSSR count).